The number of benzene rings is 7. The van der Waals surface area contributed by atoms with E-state index in [0.29, 0.717) is 0 Å². The van der Waals surface area contributed by atoms with Crippen molar-refractivity contribution >= 4 is 33.3 Å². The average molecular weight is 590 g/mol. The van der Waals surface area contributed by atoms with Crippen LogP contribution < -0.4 is 4.90 Å². The van der Waals surface area contributed by atoms with Crippen LogP contribution in [-0.4, -0.2) is 7.05 Å². The van der Waals surface area contributed by atoms with Gasteiger partial charge < -0.3 is 9.32 Å². The molecule has 9 rings (SSSR count). The molecule has 7 aromatic carbocycles. The van der Waals surface area contributed by atoms with Crippen LogP contribution in [0.2, 0.25) is 0 Å². The summed E-state index contributed by atoms with van der Waals surface area (Å²) in [5, 5.41) is 2.27. The van der Waals surface area contributed by atoms with Crippen molar-refractivity contribution in [3.05, 3.63) is 192 Å². The topological polar surface area (TPSA) is 16.4 Å². The molecule has 0 saturated heterocycles. The van der Waals surface area contributed by atoms with Crippen molar-refractivity contribution in [2.45, 2.75) is 5.41 Å². The van der Waals surface area contributed by atoms with Gasteiger partial charge in [0.1, 0.15) is 11.2 Å². The third kappa shape index (κ3) is 3.90. The molecule has 0 spiro atoms. The molecule has 0 unspecified atom stereocenters. The first-order valence-corrected chi connectivity index (χ1v) is 15.8. The molecule has 0 fully saturated rings. The quantitative estimate of drug-likeness (QED) is 0.199. The summed E-state index contributed by atoms with van der Waals surface area (Å²) in [7, 11) is 2.12. The van der Waals surface area contributed by atoms with E-state index in [1.165, 1.54) is 44.5 Å². The highest BCUT2D eigenvalue weighted by Crippen LogP contribution is 2.56. The number of nitrogens with zero attached hydrogens (tertiary/aromatic N) is 1. The van der Waals surface area contributed by atoms with Crippen LogP contribution >= 0.6 is 0 Å². The molecular formula is C44H31NO. The van der Waals surface area contributed by atoms with Crippen LogP contribution in [0.1, 0.15) is 22.3 Å². The first-order chi connectivity index (χ1) is 22.7. The van der Waals surface area contributed by atoms with Crippen molar-refractivity contribution < 1.29 is 4.42 Å². The summed E-state index contributed by atoms with van der Waals surface area (Å²) in [5.41, 5.74) is 13.8. The van der Waals surface area contributed by atoms with Gasteiger partial charge in [0.15, 0.2) is 0 Å². The second kappa shape index (κ2) is 10.4. The Morgan fingerprint density at radius 1 is 0.435 bits per heavy atom. The standard InChI is InChI=1S/C44H31NO/c1-45(35-25-26-38-39-28-31(30-12-4-2-5-13-30)20-27-42(39)46-43(38)29-35)34-23-21-33(22-24-34)44(32-14-6-3-7-15-32)40-18-10-8-16-36(40)37-17-9-11-19-41(37)44/h2-29H,1H3. The molecule has 1 aromatic heterocycles. The molecule has 8 aromatic rings. The maximum atomic E-state index is 6.36. The zero-order valence-corrected chi connectivity index (χ0v) is 25.5. The van der Waals surface area contributed by atoms with Crippen molar-refractivity contribution in [3.63, 3.8) is 0 Å². The molecule has 0 amide bonds. The molecule has 2 heteroatoms. The predicted octanol–water partition coefficient (Wildman–Crippen LogP) is 11.4. The van der Waals surface area contributed by atoms with Crippen LogP contribution in [0.4, 0.5) is 11.4 Å². The maximum absolute atomic E-state index is 6.36. The van der Waals surface area contributed by atoms with E-state index in [9.17, 15) is 0 Å². The van der Waals surface area contributed by atoms with E-state index < -0.39 is 5.41 Å². The van der Waals surface area contributed by atoms with Crippen LogP contribution in [0.5, 0.6) is 0 Å². The van der Waals surface area contributed by atoms with E-state index in [4.69, 9.17) is 4.42 Å². The van der Waals surface area contributed by atoms with Crippen molar-refractivity contribution in [1.82, 2.24) is 0 Å². The van der Waals surface area contributed by atoms with Gasteiger partial charge in [-0.2, -0.15) is 0 Å². The highest BCUT2D eigenvalue weighted by molar-refractivity contribution is 6.07. The van der Waals surface area contributed by atoms with Gasteiger partial charge in [0.25, 0.3) is 0 Å². The van der Waals surface area contributed by atoms with E-state index in [1.807, 2.05) is 0 Å². The van der Waals surface area contributed by atoms with Gasteiger partial charge in [0.2, 0.25) is 0 Å². The highest BCUT2D eigenvalue weighted by atomic mass is 16.3. The summed E-state index contributed by atoms with van der Waals surface area (Å²) in [4.78, 5) is 2.23. The first kappa shape index (κ1) is 26.5. The van der Waals surface area contributed by atoms with E-state index in [-0.39, 0.29) is 0 Å². The lowest BCUT2D eigenvalue weighted by atomic mass is 9.68. The van der Waals surface area contributed by atoms with Gasteiger partial charge in [-0.15, -0.1) is 0 Å². The van der Waals surface area contributed by atoms with Crippen LogP contribution in [0.3, 0.4) is 0 Å². The SMILES string of the molecule is CN(c1ccc(C2(c3ccccc3)c3ccccc3-c3ccccc32)cc1)c1ccc2c(c1)oc1ccc(-c3ccccc3)cc12. The fourth-order valence-corrected chi connectivity index (χ4v) is 7.58. The van der Waals surface area contributed by atoms with Gasteiger partial charge in [-0.05, 0) is 80.9 Å². The van der Waals surface area contributed by atoms with Crippen LogP contribution in [0.25, 0.3) is 44.2 Å². The van der Waals surface area contributed by atoms with E-state index in [0.717, 1.165) is 33.3 Å². The van der Waals surface area contributed by atoms with Crippen molar-refractivity contribution in [2.75, 3.05) is 11.9 Å². The number of rotatable bonds is 5. The molecule has 0 aliphatic heterocycles. The number of hydrogen-bond acceptors (Lipinski definition) is 2. The molecule has 0 N–H and O–H groups in total. The Bertz CT molecular complexity index is 2320. The Morgan fingerprint density at radius 2 is 1.02 bits per heavy atom. The lowest BCUT2D eigenvalue weighted by Gasteiger charge is -2.34. The number of anilines is 2. The van der Waals surface area contributed by atoms with Gasteiger partial charge in [-0.25, -0.2) is 0 Å². The van der Waals surface area contributed by atoms with Gasteiger partial charge >= 0.3 is 0 Å². The summed E-state index contributed by atoms with van der Waals surface area (Å²) in [5.74, 6) is 0. The monoisotopic (exact) mass is 589 g/mol. The summed E-state index contributed by atoms with van der Waals surface area (Å²) >= 11 is 0. The van der Waals surface area contributed by atoms with Gasteiger partial charge in [-0.1, -0.05) is 127 Å². The van der Waals surface area contributed by atoms with E-state index >= 15 is 0 Å². The summed E-state index contributed by atoms with van der Waals surface area (Å²) < 4.78 is 6.36. The van der Waals surface area contributed by atoms with Crippen molar-refractivity contribution in [2.24, 2.45) is 0 Å². The summed E-state index contributed by atoms with van der Waals surface area (Å²) in [6, 6.07) is 61.3. The fourth-order valence-electron chi connectivity index (χ4n) is 7.58. The summed E-state index contributed by atoms with van der Waals surface area (Å²) in [6.45, 7) is 0. The zero-order valence-electron chi connectivity index (χ0n) is 25.5. The Labute approximate surface area is 268 Å². The molecule has 0 saturated carbocycles. The maximum Gasteiger partial charge on any atom is 0.137 e. The number of hydrogen-bond donors (Lipinski definition) is 0. The van der Waals surface area contributed by atoms with Gasteiger partial charge in [0.05, 0.1) is 5.41 Å². The highest BCUT2D eigenvalue weighted by Gasteiger charge is 2.45. The largest absolute Gasteiger partial charge is 0.456 e. The van der Waals surface area contributed by atoms with E-state index in [1.54, 1.807) is 0 Å². The molecule has 1 heterocycles. The molecule has 0 bridgehead atoms. The molecule has 46 heavy (non-hydrogen) atoms. The Hall–Kier alpha value is -5.86. The minimum absolute atomic E-state index is 0.392. The third-order valence-corrected chi connectivity index (χ3v) is 9.80. The lowest BCUT2D eigenvalue weighted by molar-refractivity contribution is 0.669. The van der Waals surface area contributed by atoms with Crippen molar-refractivity contribution in [1.29, 1.82) is 0 Å². The summed E-state index contributed by atoms with van der Waals surface area (Å²) in [6.07, 6.45) is 0. The zero-order chi connectivity index (χ0) is 30.7. The Balaban J connectivity index is 1.11. The van der Waals surface area contributed by atoms with Gasteiger partial charge in [-0.3, -0.25) is 0 Å². The minimum atomic E-state index is -0.392. The predicted molar refractivity (Wildman–Crippen MR) is 191 cm³/mol. The van der Waals surface area contributed by atoms with Crippen LogP contribution in [0.15, 0.2) is 174 Å². The van der Waals surface area contributed by atoms with Crippen LogP contribution in [-0.2, 0) is 5.41 Å². The molecule has 0 radical (unpaired) electrons. The first-order valence-electron chi connectivity index (χ1n) is 15.8. The average Bonchev–Trinajstić information content (AvgIpc) is 3.65. The normalized spacial score (nSPS) is 13.1. The Morgan fingerprint density at radius 3 is 1.72 bits per heavy atom. The Kier molecular flexibility index (Phi) is 5.97. The molecule has 218 valence electrons. The molecule has 0 atom stereocenters. The van der Waals surface area contributed by atoms with E-state index in [2.05, 4.69) is 182 Å². The van der Waals surface area contributed by atoms with Crippen molar-refractivity contribution in [3.8, 4) is 22.3 Å². The number of furan rings is 1. The smallest absolute Gasteiger partial charge is 0.137 e. The lowest BCUT2D eigenvalue weighted by Crippen LogP contribution is -2.28. The number of fused-ring (bicyclic) bond motifs is 6. The molecular weight excluding hydrogens is 558 g/mol. The van der Waals surface area contributed by atoms with Gasteiger partial charge in [0, 0.05) is 35.3 Å². The minimum Gasteiger partial charge on any atom is -0.456 e. The molecule has 2 nitrogen and oxygen atoms in total. The van der Waals surface area contributed by atoms with Crippen LogP contribution in [0, 0.1) is 0 Å². The second-order valence-corrected chi connectivity index (χ2v) is 12.2. The fraction of sp³-hybridized carbons (Fsp3) is 0.0455. The molecule has 1 aliphatic rings. The molecule has 1 aliphatic carbocycles. The second-order valence-electron chi connectivity index (χ2n) is 12.2. The third-order valence-electron chi connectivity index (χ3n) is 9.80.